The summed E-state index contributed by atoms with van der Waals surface area (Å²) in [6.45, 7) is 0.709. The van der Waals surface area contributed by atoms with Crippen LogP contribution in [0.2, 0.25) is 0 Å². The number of carbonyl (C=O) groups excluding carboxylic acids is 1. The maximum absolute atomic E-state index is 12.6. The van der Waals surface area contributed by atoms with Crippen LogP contribution in [0.3, 0.4) is 0 Å². The number of ether oxygens (including phenoxy) is 4. The predicted molar refractivity (Wildman–Crippen MR) is 71.0 cm³/mol. The standard InChI is InChI=1S/C14H19NO5/c1-17-13-14(18-2,19-3)15(9-10-20-13)12(16)11-7-5-4-6-8-11/h4-8,13H,9-10H2,1-3H3. The van der Waals surface area contributed by atoms with Crippen LogP contribution < -0.4 is 0 Å². The van der Waals surface area contributed by atoms with Crippen molar-refractivity contribution in [2.75, 3.05) is 34.5 Å². The highest BCUT2D eigenvalue weighted by Crippen LogP contribution is 2.30. The summed E-state index contributed by atoms with van der Waals surface area (Å²) in [5.41, 5.74) is 0.558. The highest BCUT2D eigenvalue weighted by molar-refractivity contribution is 5.94. The molecule has 1 aliphatic heterocycles. The van der Waals surface area contributed by atoms with Gasteiger partial charge < -0.3 is 18.9 Å². The van der Waals surface area contributed by atoms with Gasteiger partial charge in [0.2, 0.25) is 6.29 Å². The van der Waals surface area contributed by atoms with E-state index in [1.165, 1.54) is 26.2 Å². The van der Waals surface area contributed by atoms with E-state index in [4.69, 9.17) is 18.9 Å². The zero-order valence-corrected chi connectivity index (χ0v) is 11.9. The summed E-state index contributed by atoms with van der Waals surface area (Å²) in [5.74, 6) is -1.58. The molecule has 1 aromatic rings. The molecule has 0 saturated carbocycles. The number of morpholine rings is 1. The fourth-order valence-electron chi connectivity index (χ4n) is 2.33. The van der Waals surface area contributed by atoms with Gasteiger partial charge in [0.1, 0.15) is 0 Å². The molecule has 20 heavy (non-hydrogen) atoms. The third-order valence-corrected chi connectivity index (χ3v) is 3.32. The van der Waals surface area contributed by atoms with E-state index in [1.54, 1.807) is 12.1 Å². The Labute approximate surface area is 118 Å². The van der Waals surface area contributed by atoms with Gasteiger partial charge in [0.05, 0.1) is 6.61 Å². The fraction of sp³-hybridized carbons (Fsp3) is 0.500. The van der Waals surface area contributed by atoms with Gasteiger partial charge in [0.25, 0.3) is 5.91 Å². The van der Waals surface area contributed by atoms with Crippen molar-refractivity contribution < 1.29 is 23.7 Å². The molecule has 1 amide bonds. The molecule has 0 aliphatic carbocycles. The Hall–Kier alpha value is -1.47. The third kappa shape index (κ3) is 2.43. The van der Waals surface area contributed by atoms with E-state index in [-0.39, 0.29) is 5.91 Å². The van der Waals surface area contributed by atoms with E-state index < -0.39 is 12.2 Å². The summed E-state index contributed by atoms with van der Waals surface area (Å²) in [4.78, 5) is 14.1. The molecule has 0 aromatic heterocycles. The van der Waals surface area contributed by atoms with Gasteiger partial charge in [0.15, 0.2) is 0 Å². The Morgan fingerprint density at radius 1 is 1.25 bits per heavy atom. The van der Waals surface area contributed by atoms with Crippen LogP contribution in [0.1, 0.15) is 10.4 Å². The van der Waals surface area contributed by atoms with Crippen molar-refractivity contribution in [2.24, 2.45) is 0 Å². The smallest absolute Gasteiger partial charge is 0.307 e. The number of rotatable bonds is 4. The molecule has 2 rings (SSSR count). The summed E-state index contributed by atoms with van der Waals surface area (Å²) in [7, 11) is 4.39. The second kappa shape index (κ2) is 6.32. The molecule has 1 aliphatic rings. The molecule has 0 spiro atoms. The van der Waals surface area contributed by atoms with Crippen LogP contribution in [0.15, 0.2) is 30.3 Å². The molecule has 6 nitrogen and oxygen atoms in total. The van der Waals surface area contributed by atoms with Crippen LogP contribution in [-0.2, 0) is 18.9 Å². The third-order valence-electron chi connectivity index (χ3n) is 3.32. The Morgan fingerprint density at radius 2 is 1.90 bits per heavy atom. The van der Waals surface area contributed by atoms with Crippen molar-refractivity contribution >= 4 is 5.91 Å². The Bertz CT molecular complexity index is 446. The van der Waals surface area contributed by atoms with Gasteiger partial charge in [-0.25, -0.2) is 0 Å². The number of benzene rings is 1. The van der Waals surface area contributed by atoms with Gasteiger partial charge in [-0.1, -0.05) is 18.2 Å². The lowest BCUT2D eigenvalue weighted by atomic mass is 10.1. The Morgan fingerprint density at radius 3 is 2.45 bits per heavy atom. The van der Waals surface area contributed by atoms with Crippen molar-refractivity contribution in [1.82, 2.24) is 4.90 Å². The topological polar surface area (TPSA) is 57.2 Å². The largest absolute Gasteiger partial charge is 0.350 e. The summed E-state index contributed by atoms with van der Waals surface area (Å²) in [6, 6.07) is 8.96. The second-order valence-electron chi connectivity index (χ2n) is 4.30. The molecule has 0 radical (unpaired) electrons. The monoisotopic (exact) mass is 281 g/mol. The van der Waals surface area contributed by atoms with Crippen LogP contribution in [0.25, 0.3) is 0 Å². The molecule has 1 fully saturated rings. The number of methoxy groups -OCH3 is 3. The first-order valence-electron chi connectivity index (χ1n) is 6.31. The van der Waals surface area contributed by atoms with Crippen LogP contribution in [-0.4, -0.2) is 57.5 Å². The van der Waals surface area contributed by atoms with Gasteiger partial charge in [-0.3, -0.25) is 9.69 Å². The molecule has 1 atom stereocenters. The van der Waals surface area contributed by atoms with Crippen molar-refractivity contribution in [3.63, 3.8) is 0 Å². The molecule has 1 heterocycles. The average Bonchev–Trinajstić information content (AvgIpc) is 2.53. The Balaban J connectivity index is 2.34. The minimum atomic E-state index is -1.39. The van der Waals surface area contributed by atoms with Crippen LogP contribution in [0.5, 0.6) is 0 Å². The summed E-state index contributed by atoms with van der Waals surface area (Å²) in [5, 5.41) is 0. The number of hydrogen-bond donors (Lipinski definition) is 0. The van der Waals surface area contributed by atoms with E-state index in [0.717, 1.165) is 0 Å². The zero-order chi connectivity index (χ0) is 14.6. The number of nitrogens with zero attached hydrogens (tertiary/aromatic N) is 1. The predicted octanol–water partition coefficient (Wildman–Crippen LogP) is 1.08. The van der Waals surface area contributed by atoms with E-state index >= 15 is 0 Å². The SMILES string of the molecule is COC1OCCN(C(=O)c2ccccc2)C1(OC)OC. The van der Waals surface area contributed by atoms with Crippen molar-refractivity contribution in [3.05, 3.63) is 35.9 Å². The molecule has 0 bridgehead atoms. The number of carbonyl (C=O) groups is 1. The lowest BCUT2D eigenvalue weighted by Crippen LogP contribution is -2.66. The van der Waals surface area contributed by atoms with Crippen molar-refractivity contribution in [2.45, 2.75) is 12.2 Å². The number of hydrogen-bond acceptors (Lipinski definition) is 5. The molecule has 1 unspecified atom stereocenters. The van der Waals surface area contributed by atoms with E-state index in [1.807, 2.05) is 18.2 Å². The van der Waals surface area contributed by atoms with Gasteiger partial charge in [-0.2, -0.15) is 0 Å². The molecule has 110 valence electrons. The summed E-state index contributed by atoms with van der Waals surface area (Å²) < 4.78 is 21.6. The molecule has 1 aromatic carbocycles. The van der Waals surface area contributed by atoms with Gasteiger partial charge in [-0.15, -0.1) is 0 Å². The van der Waals surface area contributed by atoms with E-state index in [9.17, 15) is 4.79 Å². The molecular formula is C14H19NO5. The molecule has 6 heteroatoms. The Kier molecular flexibility index (Phi) is 4.72. The minimum Gasteiger partial charge on any atom is -0.350 e. The zero-order valence-electron chi connectivity index (χ0n) is 11.9. The van der Waals surface area contributed by atoms with Crippen molar-refractivity contribution in [1.29, 1.82) is 0 Å². The number of amides is 1. The molecule has 0 N–H and O–H groups in total. The fourth-order valence-corrected chi connectivity index (χ4v) is 2.33. The molecular weight excluding hydrogens is 262 g/mol. The maximum atomic E-state index is 12.6. The lowest BCUT2D eigenvalue weighted by Gasteiger charge is -2.47. The van der Waals surface area contributed by atoms with Crippen molar-refractivity contribution in [3.8, 4) is 0 Å². The lowest BCUT2D eigenvalue weighted by molar-refractivity contribution is -0.399. The van der Waals surface area contributed by atoms with Crippen LogP contribution in [0, 0.1) is 0 Å². The first kappa shape index (κ1) is 14.9. The minimum absolute atomic E-state index is 0.195. The first-order valence-corrected chi connectivity index (χ1v) is 6.31. The van der Waals surface area contributed by atoms with E-state index in [2.05, 4.69) is 0 Å². The van der Waals surface area contributed by atoms with Gasteiger partial charge >= 0.3 is 5.91 Å². The highest BCUT2D eigenvalue weighted by atomic mass is 16.8. The quantitative estimate of drug-likeness (QED) is 0.773. The first-order chi connectivity index (χ1) is 9.69. The van der Waals surface area contributed by atoms with Crippen LogP contribution in [0.4, 0.5) is 0 Å². The summed E-state index contributed by atoms with van der Waals surface area (Å²) >= 11 is 0. The molecule has 1 saturated heterocycles. The average molecular weight is 281 g/mol. The highest BCUT2D eigenvalue weighted by Gasteiger charge is 2.52. The maximum Gasteiger partial charge on any atom is 0.307 e. The van der Waals surface area contributed by atoms with E-state index in [0.29, 0.717) is 18.7 Å². The van der Waals surface area contributed by atoms with Gasteiger partial charge in [0, 0.05) is 33.4 Å². The van der Waals surface area contributed by atoms with Crippen LogP contribution >= 0.6 is 0 Å². The second-order valence-corrected chi connectivity index (χ2v) is 4.30. The summed E-state index contributed by atoms with van der Waals surface area (Å²) in [6.07, 6.45) is -0.807. The van der Waals surface area contributed by atoms with Gasteiger partial charge in [-0.05, 0) is 12.1 Å². The normalized spacial score (nSPS) is 21.8.